The zero-order valence-corrected chi connectivity index (χ0v) is 24.2. The topological polar surface area (TPSA) is 259 Å². The van der Waals surface area contributed by atoms with E-state index in [1.165, 1.54) is 12.5 Å². The van der Waals surface area contributed by atoms with Crippen molar-refractivity contribution in [3.63, 3.8) is 0 Å². The van der Waals surface area contributed by atoms with Gasteiger partial charge in [0.05, 0.1) is 12.4 Å². The van der Waals surface area contributed by atoms with Gasteiger partial charge >= 0.3 is 5.97 Å². The first-order valence-electron chi connectivity index (χ1n) is 13.9. The molecule has 3 amide bonds. The maximum Gasteiger partial charge on any atom is 0.326 e. The number of guanidine groups is 1. The summed E-state index contributed by atoms with van der Waals surface area (Å²) in [5.41, 5.74) is 19.0. The summed E-state index contributed by atoms with van der Waals surface area (Å²) in [5.74, 6) is -3.46. The van der Waals surface area contributed by atoms with Gasteiger partial charge in [-0.05, 0) is 30.4 Å². The lowest BCUT2D eigenvalue weighted by molar-refractivity contribution is -0.142. The van der Waals surface area contributed by atoms with Gasteiger partial charge in [-0.1, -0.05) is 32.0 Å². The summed E-state index contributed by atoms with van der Waals surface area (Å²) in [6, 6.07) is 3.10. The molecule has 2 heterocycles. The van der Waals surface area contributed by atoms with Gasteiger partial charge in [0, 0.05) is 48.4 Å². The zero-order valence-electron chi connectivity index (χ0n) is 24.2. The van der Waals surface area contributed by atoms with E-state index in [1.54, 1.807) is 20.0 Å². The van der Waals surface area contributed by atoms with E-state index in [9.17, 15) is 24.3 Å². The Morgan fingerprint density at radius 3 is 2.28 bits per heavy atom. The van der Waals surface area contributed by atoms with Crippen LogP contribution in [0, 0.1) is 5.92 Å². The number of rotatable bonds is 16. The fourth-order valence-corrected chi connectivity index (χ4v) is 4.43. The van der Waals surface area contributed by atoms with Crippen molar-refractivity contribution in [1.29, 1.82) is 0 Å². The van der Waals surface area contributed by atoms with Gasteiger partial charge in [0.2, 0.25) is 17.7 Å². The Bertz CT molecular complexity index is 1410. The molecule has 0 bridgehead atoms. The quantitative estimate of drug-likeness (QED) is 0.0571. The van der Waals surface area contributed by atoms with Gasteiger partial charge < -0.3 is 48.2 Å². The first-order valence-corrected chi connectivity index (χ1v) is 13.9. The lowest BCUT2D eigenvalue weighted by Crippen LogP contribution is -2.58. The number of H-pyrrole nitrogens is 2. The molecule has 1 aromatic carbocycles. The number of carboxylic acid groups (broad SMARTS) is 1. The first-order chi connectivity index (χ1) is 20.5. The van der Waals surface area contributed by atoms with E-state index < -0.39 is 47.9 Å². The van der Waals surface area contributed by atoms with Crippen LogP contribution in [-0.4, -0.2) is 80.4 Å². The number of fused-ring (bicyclic) bond motifs is 1. The van der Waals surface area contributed by atoms with Crippen molar-refractivity contribution >= 4 is 40.6 Å². The van der Waals surface area contributed by atoms with E-state index in [4.69, 9.17) is 17.2 Å². The minimum Gasteiger partial charge on any atom is -0.480 e. The normalized spacial score (nSPS) is 14.0. The van der Waals surface area contributed by atoms with Crippen LogP contribution in [0.2, 0.25) is 0 Å². The van der Waals surface area contributed by atoms with Crippen LogP contribution in [-0.2, 0) is 32.0 Å². The van der Waals surface area contributed by atoms with Crippen LogP contribution < -0.4 is 33.2 Å². The molecular weight excluding hydrogens is 556 g/mol. The molecule has 2 aromatic heterocycles. The predicted molar refractivity (Wildman–Crippen MR) is 160 cm³/mol. The molecule has 0 aliphatic heterocycles. The van der Waals surface area contributed by atoms with Gasteiger partial charge in [-0.25, -0.2) is 9.78 Å². The van der Waals surface area contributed by atoms with Gasteiger partial charge in [-0.15, -0.1) is 0 Å². The van der Waals surface area contributed by atoms with Crippen molar-refractivity contribution in [2.24, 2.45) is 28.1 Å². The van der Waals surface area contributed by atoms with Crippen LogP contribution in [0.3, 0.4) is 0 Å². The maximum atomic E-state index is 13.7. The van der Waals surface area contributed by atoms with E-state index in [0.717, 1.165) is 16.5 Å². The highest BCUT2D eigenvalue weighted by molar-refractivity contribution is 5.95. The standard InChI is InChI=1S/C28H40N10O5/c1-15(2)23(29)26(41)37-21(10-16-12-34-19-7-4-3-6-18(16)19)25(40)36-20(8-5-9-33-28(30)31)24(39)38-22(27(42)43)11-17-13-32-14-35-17/h3-4,6-7,12-15,20-23,34H,5,8-11,29H2,1-2H3,(H,32,35)(H,36,40)(H,37,41)(H,38,39)(H,42,43)(H4,30,31,33). The molecule has 0 saturated carbocycles. The van der Waals surface area contributed by atoms with E-state index in [0.29, 0.717) is 12.1 Å². The van der Waals surface area contributed by atoms with E-state index >= 15 is 0 Å². The first kappa shape index (κ1) is 32.6. The molecule has 43 heavy (non-hydrogen) atoms. The smallest absolute Gasteiger partial charge is 0.326 e. The van der Waals surface area contributed by atoms with Crippen LogP contribution in [0.15, 0.2) is 48.0 Å². The van der Waals surface area contributed by atoms with Gasteiger partial charge in [0.25, 0.3) is 0 Å². The van der Waals surface area contributed by atoms with Crippen molar-refractivity contribution < 1.29 is 24.3 Å². The number of aromatic nitrogens is 3. The fourth-order valence-electron chi connectivity index (χ4n) is 4.43. The second kappa shape index (κ2) is 15.3. The highest BCUT2D eigenvalue weighted by Gasteiger charge is 2.31. The molecule has 4 atom stereocenters. The van der Waals surface area contributed by atoms with Crippen molar-refractivity contribution in [2.75, 3.05) is 6.54 Å². The Kier molecular flexibility index (Phi) is 11.6. The van der Waals surface area contributed by atoms with Gasteiger partial charge in [0.1, 0.15) is 18.1 Å². The number of aliphatic imine (C=N–C) groups is 1. The second-order valence-corrected chi connectivity index (χ2v) is 10.6. The predicted octanol–water partition coefficient (Wildman–Crippen LogP) is -0.748. The van der Waals surface area contributed by atoms with Crippen LogP contribution in [0.4, 0.5) is 0 Å². The third kappa shape index (κ3) is 9.56. The number of aromatic amines is 2. The maximum absolute atomic E-state index is 13.7. The monoisotopic (exact) mass is 596 g/mol. The minimum atomic E-state index is -1.30. The summed E-state index contributed by atoms with van der Waals surface area (Å²) in [6.07, 6.45) is 5.04. The van der Waals surface area contributed by atoms with E-state index in [-0.39, 0.29) is 37.7 Å². The molecule has 0 spiro atoms. The van der Waals surface area contributed by atoms with Gasteiger partial charge in [0.15, 0.2) is 5.96 Å². The fraction of sp³-hybridized carbons (Fsp3) is 0.429. The van der Waals surface area contributed by atoms with Gasteiger partial charge in [-0.2, -0.15) is 0 Å². The average Bonchev–Trinajstić information content (AvgIpc) is 3.63. The third-order valence-corrected chi connectivity index (χ3v) is 6.92. The van der Waals surface area contributed by atoms with Crippen molar-refractivity contribution in [3.05, 3.63) is 54.2 Å². The zero-order chi connectivity index (χ0) is 31.5. The number of amides is 3. The molecule has 12 N–H and O–H groups in total. The Balaban J connectivity index is 1.84. The van der Waals surface area contributed by atoms with Crippen LogP contribution in [0.5, 0.6) is 0 Å². The number of nitrogens with zero attached hydrogens (tertiary/aromatic N) is 2. The molecule has 15 nitrogen and oxygen atoms in total. The number of para-hydroxylation sites is 1. The van der Waals surface area contributed by atoms with E-state index in [1.807, 2.05) is 24.3 Å². The summed E-state index contributed by atoms with van der Waals surface area (Å²) in [5, 5.41) is 18.5. The number of carbonyl (C=O) groups is 4. The van der Waals surface area contributed by atoms with Crippen molar-refractivity contribution in [2.45, 2.75) is 63.7 Å². The lowest BCUT2D eigenvalue weighted by atomic mass is 10.0. The number of nitrogens with two attached hydrogens (primary N) is 3. The molecule has 3 aromatic rings. The lowest BCUT2D eigenvalue weighted by Gasteiger charge is -2.26. The van der Waals surface area contributed by atoms with Crippen molar-refractivity contribution in [1.82, 2.24) is 30.9 Å². The molecule has 0 fully saturated rings. The number of hydrogen-bond donors (Lipinski definition) is 9. The summed E-state index contributed by atoms with van der Waals surface area (Å²) in [7, 11) is 0. The third-order valence-electron chi connectivity index (χ3n) is 6.92. The van der Waals surface area contributed by atoms with Crippen molar-refractivity contribution in [3.8, 4) is 0 Å². The highest BCUT2D eigenvalue weighted by Crippen LogP contribution is 2.19. The number of aliphatic carboxylic acids is 1. The molecule has 3 rings (SSSR count). The summed E-state index contributed by atoms with van der Waals surface area (Å²) in [6.45, 7) is 3.76. The SMILES string of the molecule is CC(C)C(N)C(=O)NC(Cc1c[nH]c2ccccc12)C(=O)NC(CCCN=C(N)N)C(=O)NC(Cc1cnc[nH]1)C(=O)O. The minimum absolute atomic E-state index is 0.0535. The highest BCUT2D eigenvalue weighted by atomic mass is 16.4. The summed E-state index contributed by atoms with van der Waals surface area (Å²) >= 11 is 0. The summed E-state index contributed by atoms with van der Waals surface area (Å²) in [4.78, 5) is 65.7. The number of carboxylic acids is 1. The largest absolute Gasteiger partial charge is 0.480 e. The number of carbonyl (C=O) groups excluding carboxylic acids is 3. The summed E-state index contributed by atoms with van der Waals surface area (Å²) < 4.78 is 0. The average molecular weight is 597 g/mol. The van der Waals surface area contributed by atoms with E-state index in [2.05, 4.69) is 35.9 Å². The van der Waals surface area contributed by atoms with Gasteiger partial charge in [-0.3, -0.25) is 19.4 Å². The number of hydrogen-bond acceptors (Lipinski definition) is 7. The Morgan fingerprint density at radius 1 is 0.953 bits per heavy atom. The number of imidazole rings is 1. The molecule has 15 heteroatoms. The molecule has 0 aliphatic carbocycles. The molecule has 0 saturated heterocycles. The number of benzene rings is 1. The molecule has 0 radical (unpaired) electrons. The Hall–Kier alpha value is -4.92. The van der Waals surface area contributed by atoms with Crippen LogP contribution in [0.1, 0.15) is 37.9 Å². The Morgan fingerprint density at radius 2 is 1.63 bits per heavy atom. The Labute approximate surface area is 248 Å². The number of nitrogens with one attached hydrogen (secondary N) is 5. The molecular formula is C28H40N10O5. The van der Waals surface area contributed by atoms with Crippen LogP contribution >= 0.6 is 0 Å². The molecule has 232 valence electrons. The molecule has 4 unspecified atom stereocenters. The van der Waals surface area contributed by atoms with Crippen LogP contribution in [0.25, 0.3) is 10.9 Å². The molecule has 0 aliphatic rings. The second-order valence-electron chi connectivity index (χ2n) is 10.6.